The average molecular weight is 463 g/mol. The van der Waals surface area contributed by atoms with Gasteiger partial charge in [0.15, 0.2) is 0 Å². The lowest BCUT2D eigenvalue weighted by atomic mass is 10.2. The Morgan fingerprint density at radius 1 is 0.750 bits per heavy atom. The Labute approximate surface area is 195 Å². The molecule has 3 N–H and O–H groups in total. The van der Waals surface area contributed by atoms with Crippen LogP contribution in [0, 0.1) is 0 Å². The molecule has 0 unspecified atom stereocenters. The molecule has 1 heterocycles. The van der Waals surface area contributed by atoms with Gasteiger partial charge in [0, 0.05) is 39.6 Å². The predicted octanol–water partition coefficient (Wildman–Crippen LogP) is 3.10. The van der Waals surface area contributed by atoms with E-state index in [1.165, 1.54) is 23.2 Å². The van der Waals surface area contributed by atoms with Gasteiger partial charge in [0.2, 0.25) is 0 Å². The average Bonchev–Trinajstić information content (AvgIpc) is 3.39. The normalized spacial score (nSPS) is 13.6. The van der Waals surface area contributed by atoms with Crippen LogP contribution < -0.4 is 10.4 Å². The van der Waals surface area contributed by atoms with Crippen LogP contribution in [0.1, 0.15) is 46.5 Å². The monoisotopic (exact) mass is 462 g/mol. The summed E-state index contributed by atoms with van der Waals surface area (Å²) in [6, 6.07) is 21.2. The fraction of sp³-hybridized carbons (Fsp3) is 0.538. The standard InChI is InChI=1S/C19H26O2Si.C4H8O.C3H8O2/c1-19(2,3)22(21-16-10-15-20,17-11-6-4-7-12-17)18-13-8-5-9-14-18;1-2-4-5-3-1;4-2-1-3-5/h4-9,11-14,20H,10,15-16H2,1-3H3;1-4H2;4-5H,1-3H2. The van der Waals surface area contributed by atoms with Gasteiger partial charge in [0.25, 0.3) is 8.32 Å². The summed E-state index contributed by atoms with van der Waals surface area (Å²) in [6.45, 7) is 9.73. The Bertz CT molecular complexity index is 635. The van der Waals surface area contributed by atoms with Crippen molar-refractivity contribution >= 4 is 18.7 Å². The molecule has 32 heavy (non-hydrogen) atoms. The zero-order valence-electron chi connectivity index (χ0n) is 20.0. The Kier molecular flexibility index (Phi) is 14.4. The summed E-state index contributed by atoms with van der Waals surface area (Å²) in [4.78, 5) is 0. The Morgan fingerprint density at radius 2 is 1.19 bits per heavy atom. The molecule has 5 nitrogen and oxygen atoms in total. The molecule has 6 heteroatoms. The first kappa shape index (κ1) is 28.5. The molecule has 0 aliphatic carbocycles. The minimum Gasteiger partial charge on any atom is -0.407 e. The predicted molar refractivity (Wildman–Crippen MR) is 134 cm³/mol. The molecule has 0 spiro atoms. The molecule has 1 aliphatic rings. The van der Waals surface area contributed by atoms with Crippen molar-refractivity contribution in [2.75, 3.05) is 39.6 Å². The maximum Gasteiger partial charge on any atom is 0.261 e. The third-order valence-corrected chi connectivity index (χ3v) is 10.2. The summed E-state index contributed by atoms with van der Waals surface area (Å²) in [5.74, 6) is 0. The third-order valence-electron chi connectivity index (χ3n) is 5.18. The first-order valence-electron chi connectivity index (χ1n) is 11.6. The molecule has 180 valence electrons. The number of aliphatic hydroxyl groups is 3. The third kappa shape index (κ3) is 9.14. The van der Waals surface area contributed by atoms with E-state index in [1.807, 2.05) is 12.1 Å². The highest BCUT2D eigenvalue weighted by atomic mass is 28.4. The van der Waals surface area contributed by atoms with Crippen LogP contribution in [0.2, 0.25) is 5.04 Å². The number of rotatable bonds is 8. The highest BCUT2D eigenvalue weighted by Gasteiger charge is 2.49. The lowest BCUT2D eigenvalue weighted by molar-refractivity contribution is 0.198. The van der Waals surface area contributed by atoms with Gasteiger partial charge in [-0.2, -0.15) is 0 Å². The van der Waals surface area contributed by atoms with E-state index < -0.39 is 8.32 Å². The van der Waals surface area contributed by atoms with Crippen molar-refractivity contribution in [3.05, 3.63) is 60.7 Å². The lowest BCUT2D eigenvalue weighted by Gasteiger charge is -2.43. The molecule has 2 aromatic carbocycles. The van der Waals surface area contributed by atoms with Gasteiger partial charge in [-0.15, -0.1) is 0 Å². The summed E-state index contributed by atoms with van der Waals surface area (Å²) in [7, 11) is -2.40. The summed E-state index contributed by atoms with van der Waals surface area (Å²) in [6.07, 6.45) is 3.73. The van der Waals surface area contributed by atoms with E-state index in [-0.39, 0.29) is 24.9 Å². The summed E-state index contributed by atoms with van der Waals surface area (Å²) >= 11 is 0. The van der Waals surface area contributed by atoms with Gasteiger partial charge in [-0.3, -0.25) is 0 Å². The second-order valence-electron chi connectivity index (χ2n) is 8.71. The second-order valence-corrected chi connectivity index (χ2v) is 13.0. The van der Waals surface area contributed by atoms with Gasteiger partial charge in [0.1, 0.15) is 0 Å². The first-order chi connectivity index (χ1) is 15.4. The van der Waals surface area contributed by atoms with Crippen LogP contribution in [0.15, 0.2) is 60.7 Å². The Morgan fingerprint density at radius 3 is 1.47 bits per heavy atom. The van der Waals surface area contributed by atoms with E-state index in [0.717, 1.165) is 13.2 Å². The van der Waals surface area contributed by atoms with Crippen molar-refractivity contribution < 1.29 is 24.5 Å². The van der Waals surface area contributed by atoms with Crippen LogP contribution >= 0.6 is 0 Å². The van der Waals surface area contributed by atoms with Gasteiger partial charge < -0.3 is 24.5 Å². The van der Waals surface area contributed by atoms with Crippen LogP contribution in [-0.2, 0) is 9.16 Å². The van der Waals surface area contributed by atoms with E-state index in [1.54, 1.807) is 0 Å². The minimum atomic E-state index is -2.40. The number of aliphatic hydroxyl groups excluding tert-OH is 3. The van der Waals surface area contributed by atoms with Crippen molar-refractivity contribution in [2.24, 2.45) is 0 Å². The lowest BCUT2D eigenvalue weighted by Crippen LogP contribution is -2.66. The molecular formula is C26H42O5Si. The molecule has 1 saturated heterocycles. The maximum absolute atomic E-state index is 9.14. The molecule has 0 aromatic heterocycles. The van der Waals surface area contributed by atoms with Gasteiger partial charge in [-0.1, -0.05) is 81.4 Å². The molecule has 0 bridgehead atoms. The smallest absolute Gasteiger partial charge is 0.261 e. The SMILES string of the molecule is C1CCOC1.CC(C)(C)[Si](OCCCO)(c1ccccc1)c1ccccc1.OCCCO. The quantitative estimate of drug-likeness (QED) is 0.415. The van der Waals surface area contributed by atoms with Gasteiger partial charge in [-0.05, 0) is 41.1 Å². The zero-order chi connectivity index (χ0) is 23.7. The van der Waals surface area contributed by atoms with Crippen LogP contribution in [-0.4, -0.2) is 63.3 Å². The molecule has 0 amide bonds. The van der Waals surface area contributed by atoms with E-state index in [4.69, 9.17) is 24.5 Å². The van der Waals surface area contributed by atoms with Gasteiger partial charge >= 0.3 is 0 Å². The summed E-state index contributed by atoms with van der Waals surface area (Å²) in [5, 5.41) is 27.5. The molecular weight excluding hydrogens is 420 g/mol. The Hall–Kier alpha value is -1.54. The number of ether oxygens (including phenoxy) is 1. The van der Waals surface area contributed by atoms with Crippen molar-refractivity contribution in [3.8, 4) is 0 Å². The number of hydrogen-bond donors (Lipinski definition) is 3. The van der Waals surface area contributed by atoms with E-state index in [9.17, 15) is 0 Å². The zero-order valence-corrected chi connectivity index (χ0v) is 21.0. The highest BCUT2D eigenvalue weighted by molar-refractivity contribution is 6.99. The highest BCUT2D eigenvalue weighted by Crippen LogP contribution is 2.36. The van der Waals surface area contributed by atoms with Crippen LogP contribution in [0.25, 0.3) is 0 Å². The second kappa shape index (κ2) is 16.1. The van der Waals surface area contributed by atoms with E-state index in [2.05, 4.69) is 69.3 Å². The maximum atomic E-state index is 9.14. The fourth-order valence-electron chi connectivity index (χ4n) is 3.63. The summed E-state index contributed by atoms with van der Waals surface area (Å²) in [5.41, 5.74) is 0. The fourth-order valence-corrected chi connectivity index (χ4v) is 8.24. The van der Waals surface area contributed by atoms with Crippen molar-refractivity contribution in [1.29, 1.82) is 0 Å². The summed E-state index contributed by atoms with van der Waals surface area (Å²) < 4.78 is 11.5. The molecule has 1 fully saturated rings. The van der Waals surface area contributed by atoms with Crippen LogP contribution in [0.3, 0.4) is 0 Å². The Balaban J connectivity index is 0.000000421. The molecule has 0 radical (unpaired) electrons. The van der Waals surface area contributed by atoms with E-state index in [0.29, 0.717) is 19.4 Å². The van der Waals surface area contributed by atoms with Gasteiger partial charge in [-0.25, -0.2) is 0 Å². The largest absolute Gasteiger partial charge is 0.407 e. The topological polar surface area (TPSA) is 79.2 Å². The molecule has 0 saturated carbocycles. The molecule has 1 aliphatic heterocycles. The minimum absolute atomic E-state index is 0.00512. The van der Waals surface area contributed by atoms with Crippen molar-refractivity contribution in [3.63, 3.8) is 0 Å². The van der Waals surface area contributed by atoms with E-state index >= 15 is 0 Å². The molecule has 0 atom stereocenters. The molecule has 2 aromatic rings. The first-order valence-corrected chi connectivity index (χ1v) is 13.5. The van der Waals surface area contributed by atoms with Crippen molar-refractivity contribution in [1.82, 2.24) is 0 Å². The van der Waals surface area contributed by atoms with Crippen LogP contribution in [0.5, 0.6) is 0 Å². The van der Waals surface area contributed by atoms with Crippen molar-refractivity contribution in [2.45, 2.75) is 51.5 Å². The molecule has 3 rings (SSSR count). The number of hydrogen-bond acceptors (Lipinski definition) is 5. The number of benzene rings is 2. The van der Waals surface area contributed by atoms with Crippen LogP contribution in [0.4, 0.5) is 0 Å². The van der Waals surface area contributed by atoms with Gasteiger partial charge in [0.05, 0.1) is 0 Å².